The molecule has 1 aromatic carbocycles. The van der Waals surface area contributed by atoms with Crippen molar-refractivity contribution in [2.75, 3.05) is 16.9 Å². The molecule has 0 spiro atoms. The number of benzene rings is 1. The molecule has 0 fully saturated rings. The molecule has 3 N–H and O–H groups in total. The lowest BCUT2D eigenvalue weighted by Crippen LogP contribution is -2.21. The van der Waals surface area contributed by atoms with Gasteiger partial charge in [-0.25, -0.2) is 10.8 Å². The minimum Gasteiger partial charge on any atom is -0.325 e. The lowest BCUT2D eigenvalue weighted by Gasteiger charge is -2.25. The highest BCUT2D eigenvalue weighted by atomic mass is 79.9. The number of hydrogen-bond donors (Lipinski definition) is 2. The molecule has 1 aromatic heterocycles. The van der Waals surface area contributed by atoms with E-state index >= 15 is 0 Å². The van der Waals surface area contributed by atoms with Crippen molar-refractivity contribution in [1.29, 1.82) is 0 Å². The summed E-state index contributed by atoms with van der Waals surface area (Å²) in [6, 6.07) is 10.2. The van der Waals surface area contributed by atoms with Crippen LogP contribution in [0.25, 0.3) is 0 Å². The van der Waals surface area contributed by atoms with Crippen LogP contribution in [0.1, 0.15) is 19.8 Å². The number of nitrogens with zero attached hydrogens (tertiary/aromatic N) is 3. The third-order valence-corrected chi connectivity index (χ3v) is 3.47. The van der Waals surface area contributed by atoms with Gasteiger partial charge in [0, 0.05) is 18.4 Å². The van der Waals surface area contributed by atoms with Crippen LogP contribution in [0.4, 0.5) is 17.5 Å². The molecule has 6 heteroatoms. The van der Waals surface area contributed by atoms with E-state index in [-0.39, 0.29) is 0 Å². The number of hydrazine groups is 1. The van der Waals surface area contributed by atoms with Gasteiger partial charge >= 0.3 is 0 Å². The number of nitrogens with one attached hydrogen (secondary N) is 1. The van der Waals surface area contributed by atoms with Gasteiger partial charge in [0.25, 0.3) is 0 Å². The second-order valence-electron chi connectivity index (χ2n) is 4.35. The molecule has 1 heterocycles. The Morgan fingerprint density at radius 1 is 1.30 bits per heavy atom. The largest absolute Gasteiger partial charge is 0.325 e. The fourth-order valence-corrected chi connectivity index (χ4v) is 2.30. The Bertz CT molecular complexity index is 547. The zero-order chi connectivity index (χ0) is 14.4. The molecular weight excluding hydrogens is 318 g/mol. The number of para-hydroxylation sites is 1. The molecule has 5 nitrogen and oxygen atoms in total. The van der Waals surface area contributed by atoms with E-state index in [0.29, 0.717) is 5.95 Å². The third-order valence-electron chi connectivity index (χ3n) is 2.91. The minimum absolute atomic E-state index is 0.403. The Hall–Kier alpha value is -1.66. The van der Waals surface area contributed by atoms with Crippen molar-refractivity contribution in [3.63, 3.8) is 0 Å². The number of nitrogen functional groups attached to an aromatic ring is 1. The molecule has 0 amide bonds. The van der Waals surface area contributed by atoms with Crippen molar-refractivity contribution in [2.24, 2.45) is 5.84 Å². The Morgan fingerprint density at radius 3 is 2.70 bits per heavy atom. The van der Waals surface area contributed by atoms with Crippen molar-refractivity contribution >= 4 is 33.4 Å². The van der Waals surface area contributed by atoms with Crippen LogP contribution in [0.2, 0.25) is 0 Å². The summed E-state index contributed by atoms with van der Waals surface area (Å²) in [6.45, 7) is 3.06. The molecule has 2 aromatic rings. The van der Waals surface area contributed by atoms with E-state index in [4.69, 9.17) is 5.84 Å². The van der Waals surface area contributed by atoms with E-state index in [0.717, 1.165) is 35.4 Å². The molecule has 0 aliphatic heterocycles. The average molecular weight is 336 g/mol. The van der Waals surface area contributed by atoms with Gasteiger partial charge in [0.1, 0.15) is 0 Å². The first kappa shape index (κ1) is 14.7. The second-order valence-corrected chi connectivity index (χ2v) is 5.20. The molecular formula is C14H18BrN5. The van der Waals surface area contributed by atoms with Crippen molar-refractivity contribution in [3.05, 3.63) is 41.0 Å². The Balaban J connectivity index is 2.40. The van der Waals surface area contributed by atoms with Crippen LogP contribution < -0.4 is 16.2 Å². The first-order valence-electron chi connectivity index (χ1n) is 6.58. The van der Waals surface area contributed by atoms with Crippen molar-refractivity contribution in [2.45, 2.75) is 19.8 Å². The summed E-state index contributed by atoms with van der Waals surface area (Å²) < 4.78 is 0.844. The first-order valence-corrected chi connectivity index (χ1v) is 7.37. The predicted octanol–water partition coefficient (Wildman–Crippen LogP) is 3.46. The van der Waals surface area contributed by atoms with Crippen LogP contribution in [-0.4, -0.2) is 16.5 Å². The summed E-state index contributed by atoms with van der Waals surface area (Å²) in [7, 11) is 0. The number of aromatic nitrogens is 2. The lowest BCUT2D eigenvalue weighted by atomic mass is 10.2. The summed E-state index contributed by atoms with van der Waals surface area (Å²) in [6.07, 6.45) is 3.91. The molecule has 0 atom stereocenters. The first-order chi connectivity index (χ1) is 9.76. The molecule has 0 bridgehead atoms. The van der Waals surface area contributed by atoms with Crippen LogP contribution in [-0.2, 0) is 0 Å². The maximum Gasteiger partial charge on any atom is 0.239 e. The number of unbranched alkanes of at least 4 members (excludes halogenated alkanes) is 1. The van der Waals surface area contributed by atoms with E-state index in [1.807, 2.05) is 18.2 Å². The Kier molecular flexibility index (Phi) is 5.31. The van der Waals surface area contributed by atoms with Crippen LogP contribution in [0.15, 0.2) is 41.0 Å². The summed E-state index contributed by atoms with van der Waals surface area (Å²) >= 11 is 3.51. The SMILES string of the molecule is CCCCN(c1ccccc1)c1nc(NN)ncc1Br. The fraction of sp³-hybridized carbons (Fsp3) is 0.286. The summed E-state index contributed by atoms with van der Waals surface area (Å²) in [5, 5.41) is 0. The van der Waals surface area contributed by atoms with Gasteiger partial charge in [-0.1, -0.05) is 31.5 Å². The Labute approximate surface area is 127 Å². The fourth-order valence-electron chi connectivity index (χ4n) is 1.90. The summed E-state index contributed by atoms with van der Waals surface area (Å²) in [5.41, 5.74) is 3.59. The van der Waals surface area contributed by atoms with E-state index in [2.05, 4.69) is 55.3 Å². The normalized spacial score (nSPS) is 10.3. The van der Waals surface area contributed by atoms with Gasteiger partial charge in [-0.2, -0.15) is 4.98 Å². The molecule has 0 saturated heterocycles. The topological polar surface area (TPSA) is 67.1 Å². The zero-order valence-electron chi connectivity index (χ0n) is 11.4. The Morgan fingerprint density at radius 2 is 2.05 bits per heavy atom. The van der Waals surface area contributed by atoms with E-state index in [1.54, 1.807) is 6.20 Å². The summed E-state index contributed by atoms with van der Waals surface area (Å²) in [5.74, 6) is 6.61. The van der Waals surface area contributed by atoms with Crippen LogP contribution in [0.5, 0.6) is 0 Å². The molecule has 0 unspecified atom stereocenters. The van der Waals surface area contributed by atoms with E-state index < -0.39 is 0 Å². The average Bonchev–Trinajstić information content (AvgIpc) is 2.50. The maximum atomic E-state index is 5.40. The number of nitrogens with two attached hydrogens (primary N) is 1. The minimum atomic E-state index is 0.403. The van der Waals surface area contributed by atoms with E-state index in [1.165, 1.54) is 0 Å². The quantitative estimate of drug-likeness (QED) is 0.625. The second kappa shape index (κ2) is 7.21. The number of hydrogen-bond acceptors (Lipinski definition) is 5. The molecule has 0 aliphatic carbocycles. The third kappa shape index (κ3) is 3.46. The molecule has 2 rings (SSSR count). The number of anilines is 3. The number of rotatable bonds is 6. The van der Waals surface area contributed by atoms with Gasteiger partial charge in [0.05, 0.1) is 4.47 Å². The van der Waals surface area contributed by atoms with Gasteiger partial charge in [0.15, 0.2) is 5.82 Å². The van der Waals surface area contributed by atoms with Crippen LogP contribution in [0, 0.1) is 0 Å². The maximum absolute atomic E-state index is 5.40. The predicted molar refractivity (Wildman–Crippen MR) is 85.9 cm³/mol. The van der Waals surface area contributed by atoms with Crippen LogP contribution in [0.3, 0.4) is 0 Å². The van der Waals surface area contributed by atoms with Gasteiger partial charge in [-0.05, 0) is 34.5 Å². The lowest BCUT2D eigenvalue weighted by molar-refractivity contribution is 0.777. The van der Waals surface area contributed by atoms with E-state index in [9.17, 15) is 0 Å². The standard InChI is InChI=1S/C14H18BrN5/c1-2-3-9-20(11-7-5-4-6-8-11)13-12(15)10-17-14(18-13)19-16/h4-8,10H,2-3,9,16H2,1H3,(H,17,18,19). The summed E-state index contributed by atoms with van der Waals surface area (Å²) in [4.78, 5) is 10.7. The molecule has 0 saturated carbocycles. The van der Waals surface area contributed by atoms with Crippen molar-refractivity contribution < 1.29 is 0 Å². The van der Waals surface area contributed by atoms with Gasteiger partial charge in [-0.3, -0.25) is 5.43 Å². The van der Waals surface area contributed by atoms with Crippen LogP contribution >= 0.6 is 15.9 Å². The molecule has 20 heavy (non-hydrogen) atoms. The highest BCUT2D eigenvalue weighted by Gasteiger charge is 2.14. The van der Waals surface area contributed by atoms with Crippen molar-refractivity contribution in [3.8, 4) is 0 Å². The van der Waals surface area contributed by atoms with Gasteiger partial charge in [0.2, 0.25) is 5.95 Å². The monoisotopic (exact) mass is 335 g/mol. The zero-order valence-corrected chi connectivity index (χ0v) is 13.0. The van der Waals surface area contributed by atoms with Crippen molar-refractivity contribution in [1.82, 2.24) is 9.97 Å². The number of halogens is 1. The van der Waals surface area contributed by atoms with Gasteiger partial charge < -0.3 is 4.90 Å². The highest BCUT2D eigenvalue weighted by molar-refractivity contribution is 9.10. The van der Waals surface area contributed by atoms with Gasteiger partial charge in [-0.15, -0.1) is 0 Å². The molecule has 106 valence electrons. The highest BCUT2D eigenvalue weighted by Crippen LogP contribution is 2.30. The molecule has 0 aliphatic rings. The smallest absolute Gasteiger partial charge is 0.239 e. The molecule has 0 radical (unpaired) electrons.